The molecule has 1 N–H and O–H groups in total. The summed E-state index contributed by atoms with van der Waals surface area (Å²) in [5.41, 5.74) is 0.901. The summed E-state index contributed by atoms with van der Waals surface area (Å²) in [6.45, 7) is 5.32. The van der Waals surface area contributed by atoms with Crippen LogP contribution < -0.4 is 0 Å². The van der Waals surface area contributed by atoms with Crippen LogP contribution >= 0.6 is 0 Å². The van der Waals surface area contributed by atoms with Crippen LogP contribution in [0.1, 0.15) is 24.8 Å². The van der Waals surface area contributed by atoms with Gasteiger partial charge in [-0.2, -0.15) is 0 Å². The maximum absolute atomic E-state index is 11.0. The highest BCUT2D eigenvalue weighted by molar-refractivity contribution is 5.71. The fourth-order valence-electron chi connectivity index (χ4n) is 2.23. The lowest BCUT2D eigenvalue weighted by atomic mass is 10.0. The summed E-state index contributed by atoms with van der Waals surface area (Å²) in [6, 6.07) is 0.0635. The number of carbonyl (C=O) groups is 1. The third kappa shape index (κ3) is 1.95. The van der Waals surface area contributed by atoms with E-state index in [0.29, 0.717) is 13.0 Å². The van der Waals surface area contributed by atoms with Crippen molar-refractivity contribution in [1.82, 2.24) is 9.88 Å². The van der Waals surface area contributed by atoms with E-state index in [1.165, 1.54) is 6.39 Å². The van der Waals surface area contributed by atoms with Gasteiger partial charge in [0.25, 0.3) is 0 Å². The zero-order valence-corrected chi connectivity index (χ0v) is 9.51. The van der Waals surface area contributed by atoms with Crippen LogP contribution in [0.2, 0.25) is 0 Å². The van der Waals surface area contributed by atoms with Gasteiger partial charge in [0.2, 0.25) is 0 Å². The molecular weight excluding hydrogens is 208 g/mol. The van der Waals surface area contributed by atoms with Crippen LogP contribution in [0, 0.1) is 12.8 Å². The zero-order valence-electron chi connectivity index (χ0n) is 9.51. The first-order chi connectivity index (χ1) is 7.59. The summed E-state index contributed by atoms with van der Waals surface area (Å²) in [5.74, 6) is -0.148. The Morgan fingerprint density at radius 1 is 1.75 bits per heavy atom. The van der Waals surface area contributed by atoms with E-state index in [9.17, 15) is 4.79 Å². The standard InChI is InChI=1S/C11H16N2O3/c1-7-9(11(14)15)3-4-13(7)5-10-8(2)16-6-12-10/h6-7,9H,3-5H2,1-2H3,(H,14,15). The number of hydrogen-bond donors (Lipinski definition) is 1. The molecule has 0 amide bonds. The van der Waals surface area contributed by atoms with Crippen molar-refractivity contribution in [3.05, 3.63) is 17.8 Å². The number of rotatable bonds is 3. The maximum Gasteiger partial charge on any atom is 0.308 e. The molecule has 2 unspecified atom stereocenters. The molecule has 1 fully saturated rings. The van der Waals surface area contributed by atoms with Crippen molar-refractivity contribution >= 4 is 5.97 Å². The monoisotopic (exact) mass is 224 g/mol. The molecule has 0 bridgehead atoms. The molecule has 5 heteroatoms. The lowest BCUT2D eigenvalue weighted by molar-refractivity contribution is -0.142. The zero-order chi connectivity index (χ0) is 11.7. The molecule has 2 atom stereocenters. The van der Waals surface area contributed by atoms with E-state index in [1.807, 2.05) is 13.8 Å². The quantitative estimate of drug-likeness (QED) is 0.837. The number of hydrogen-bond acceptors (Lipinski definition) is 4. The molecule has 1 aromatic rings. The van der Waals surface area contributed by atoms with E-state index in [1.54, 1.807) is 0 Å². The molecule has 2 rings (SSSR count). The van der Waals surface area contributed by atoms with Crippen LogP contribution in [0.25, 0.3) is 0 Å². The lowest BCUT2D eigenvalue weighted by Crippen LogP contribution is -2.32. The molecule has 5 nitrogen and oxygen atoms in total. The minimum absolute atomic E-state index is 0.0635. The first kappa shape index (κ1) is 11.1. The summed E-state index contributed by atoms with van der Waals surface area (Å²) in [4.78, 5) is 17.2. The average Bonchev–Trinajstić information content (AvgIpc) is 2.76. The van der Waals surface area contributed by atoms with Gasteiger partial charge in [-0.25, -0.2) is 4.98 Å². The van der Waals surface area contributed by atoms with E-state index in [4.69, 9.17) is 9.52 Å². The second kappa shape index (κ2) is 4.25. The molecule has 0 spiro atoms. The highest BCUT2D eigenvalue weighted by atomic mass is 16.4. The Morgan fingerprint density at radius 2 is 2.50 bits per heavy atom. The lowest BCUT2D eigenvalue weighted by Gasteiger charge is -2.21. The van der Waals surface area contributed by atoms with Gasteiger partial charge in [0.05, 0.1) is 11.6 Å². The Balaban J connectivity index is 2.03. The Morgan fingerprint density at radius 3 is 3.00 bits per heavy atom. The van der Waals surface area contributed by atoms with Crippen LogP contribution in [-0.2, 0) is 11.3 Å². The Hall–Kier alpha value is -1.36. The minimum Gasteiger partial charge on any atom is -0.481 e. The van der Waals surface area contributed by atoms with Crippen molar-refractivity contribution in [2.24, 2.45) is 5.92 Å². The van der Waals surface area contributed by atoms with Crippen molar-refractivity contribution in [1.29, 1.82) is 0 Å². The predicted molar refractivity (Wildman–Crippen MR) is 56.9 cm³/mol. The predicted octanol–water partition coefficient (Wildman–Crippen LogP) is 1.28. The summed E-state index contributed by atoms with van der Waals surface area (Å²) in [6.07, 6.45) is 2.15. The highest BCUT2D eigenvalue weighted by Crippen LogP contribution is 2.26. The number of aromatic nitrogens is 1. The minimum atomic E-state index is -0.702. The molecule has 0 aromatic carbocycles. The van der Waals surface area contributed by atoms with Crippen LogP contribution in [0.5, 0.6) is 0 Å². The molecule has 0 aliphatic carbocycles. The number of aryl methyl sites for hydroxylation is 1. The number of carboxylic acid groups (broad SMARTS) is 1. The number of likely N-dealkylation sites (tertiary alicyclic amines) is 1. The normalized spacial score (nSPS) is 26.1. The number of oxazole rings is 1. The molecule has 16 heavy (non-hydrogen) atoms. The van der Waals surface area contributed by atoms with Gasteiger partial charge in [0, 0.05) is 12.6 Å². The first-order valence-corrected chi connectivity index (χ1v) is 5.45. The van der Waals surface area contributed by atoms with Crippen molar-refractivity contribution in [3.8, 4) is 0 Å². The highest BCUT2D eigenvalue weighted by Gasteiger charge is 2.35. The van der Waals surface area contributed by atoms with Gasteiger partial charge < -0.3 is 9.52 Å². The SMILES string of the molecule is Cc1ocnc1CN1CCC(C(=O)O)C1C. The van der Waals surface area contributed by atoms with Crippen LogP contribution in [0.4, 0.5) is 0 Å². The molecule has 2 heterocycles. The average molecular weight is 224 g/mol. The molecule has 1 saturated heterocycles. The molecule has 1 aliphatic heterocycles. The summed E-state index contributed by atoms with van der Waals surface area (Å²) in [7, 11) is 0. The third-order valence-corrected chi connectivity index (χ3v) is 3.40. The van der Waals surface area contributed by atoms with E-state index in [-0.39, 0.29) is 12.0 Å². The third-order valence-electron chi connectivity index (χ3n) is 3.40. The van der Waals surface area contributed by atoms with Gasteiger partial charge in [0.1, 0.15) is 5.76 Å². The molecular formula is C11H16N2O3. The van der Waals surface area contributed by atoms with Crippen molar-refractivity contribution in [2.75, 3.05) is 6.54 Å². The second-order valence-corrected chi connectivity index (χ2v) is 4.30. The maximum atomic E-state index is 11.0. The van der Waals surface area contributed by atoms with E-state index in [0.717, 1.165) is 18.0 Å². The van der Waals surface area contributed by atoms with Crippen molar-refractivity contribution in [3.63, 3.8) is 0 Å². The van der Waals surface area contributed by atoms with Crippen molar-refractivity contribution in [2.45, 2.75) is 32.9 Å². The summed E-state index contributed by atoms with van der Waals surface area (Å²) >= 11 is 0. The van der Waals surface area contributed by atoms with Gasteiger partial charge in [-0.05, 0) is 26.8 Å². The fourth-order valence-corrected chi connectivity index (χ4v) is 2.23. The summed E-state index contributed by atoms with van der Waals surface area (Å²) in [5, 5.41) is 9.02. The van der Waals surface area contributed by atoms with E-state index < -0.39 is 5.97 Å². The molecule has 0 saturated carbocycles. The molecule has 0 radical (unpaired) electrons. The van der Waals surface area contributed by atoms with Crippen LogP contribution in [0.3, 0.4) is 0 Å². The van der Waals surface area contributed by atoms with Crippen molar-refractivity contribution < 1.29 is 14.3 Å². The number of carboxylic acids is 1. The van der Waals surface area contributed by atoms with Gasteiger partial charge >= 0.3 is 5.97 Å². The van der Waals surface area contributed by atoms with Gasteiger partial charge in [-0.1, -0.05) is 0 Å². The van der Waals surface area contributed by atoms with Crippen LogP contribution in [0.15, 0.2) is 10.8 Å². The molecule has 88 valence electrons. The van der Waals surface area contributed by atoms with E-state index in [2.05, 4.69) is 9.88 Å². The smallest absolute Gasteiger partial charge is 0.308 e. The van der Waals surface area contributed by atoms with Crippen LogP contribution in [-0.4, -0.2) is 33.5 Å². The first-order valence-electron chi connectivity index (χ1n) is 5.45. The number of nitrogens with zero attached hydrogens (tertiary/aromatic N) is 2. The molecule has 1 aliphatic rings. The summed E-state index contributed by atoms with van der Waals surface area (Å²) < 4.78 is 5.13. The largest absolute Gasteiger partial charge is 0.481 e. The van der Waals surface area contributed by atoms with E-state index >= 15 is 0 Å². The Bertz CT molecular complexity index is 388. The van der Waals surface area contributed by atoms with Gasteiger partial charge in [-0.15, -0.1) is 0 Å². The second-order valence-electron chi connectivity index (χ2n) is 4.30. The Labute approximate surface area is 94.1 Å². The van der Waals surface area contributed by atoms with Gasteiger partial charge in [0.15, 0.2) is 6.39 Å². The number of aliphatic carboxylic acids is 1. The fraction of sp³-hybridized carbons (Fsp3) is 0.636. The Kier molecular flexibility index (Phi) is 2.96. The molecule has 1 aromatic heterocycles. The van der Waals surface area contributed by atoms with Gasteiger partial charge in [-0.3, -0.25) is 9.69 Å². The topological polar surface area (TPSA) is 66.6 Å².